The summed E-state index contributed by atoms with van der Waals surface area (Å²) in [5, 5.41) is 5.72. The molecule has 0 heterocycles. The molecule has 3 rings (SSSR count). The molecule has 0 saturated heterocycles. The molecule has 2 unspecified atom stereocenters. The van der Waals surface area contributed by atoms with Gasteiger partial charge in [-0.25, -0.2) is 4.79 Å². The van der Waals surface area contributed by atoms with Gasteiger partial charge in [-0.15, -0.1) is 6.42 Å². The van der Waals surface area contributed by atoms with Crippen LogP contribution >= 0.6 is 0 Å². The van der Waals surface area contributed by atoms with Crippen molar-refractivity contribution in [1.82, 2.24) is 10.2 Å². The predicted molar refractivity (Wildman–Crippen MR) is 151 cm³/mol. The standard InChI is InChI=1S/C31H39N3O5/c1-8-21-9-11-22(12-10-21)27(28(35)32-23-13-17-25(38-7)18-14-23)34(24-15-16-24)29(36)26(19-20(2)3)33-30(37)39-31(4,5)6/h1,9-14,17-18,20,24,26-27H,15-16,19H2,2-7H3,(H,32,35)(H,33,37). The van der Waals surface area contributed by atoms with Crippen LogP contribution in [0, 0.1) is 18.3 Å². The Balaban J connectivity index is 1.98. The van der Waals surface area contributed by atoms with Crippen LogP contribution in [-0.4, -0.2) is 47.6 Å². The van der Waals surface area contributed by atoms with E-state index < -0.39 is 23.8 Å². The minimum Gasteiger partial charge on any atom is -0.497 e. The number of amides is 3. The molecule has 2 N–H and O–H groups in total. The van der Waals surface area contributed by atoms with E-state index in [2.05, 4.69) is 16.6 Å². The molecule has 1 aliphatic rings. The Morgan fingerprint density at radius 1 is 1.05 bits per heavy atom. The smallest absolute Gasteiger partial charge is 0.408 e. The highest BCUT2D eigenvalue weighted by atomic mass is 16.6. The summed E-state index contributed by atoms with van der Waals surface area (Å²) in [6.07, 6.45) is 6.80. The van der Waals surface area contributed by atoms with E-state index in [-0.39, 0.29) is 23.8 Å². The van der Waals surface area contributed by atoms with Crippen molar-refractivity contribution in [3.8, 4) is 18.1 Å². The van der Waals surface area contributed by atoms with Gasteiger partial charge in [0.05, 0.1) is 7.11 Å². The number of benzene rings is 2. The molecule has 208 valence electrons. The molecule has 0 aliphatic heterocycles. The van der Waals surface area contributed by atoms with E-state index >= 15 is 0 Å². The Morgan fingerprint density at radius 3 is 2.15 bits per heavy atom. The quantitative estimate of drug-likeness (QED) is 0.405. The van der Waals surface area contributed by atoms with Gasteiger partial charge in [-0.2, -0.15) is 0 Å². The molecule has 39 heavy (non-hydrogen) atoms. The Bertz CT molecular complexity index is 1190. The molecular formula is C31H39N3O5. The Kier molecular flexibility index (Phi) is 9.63. The van der Waals surface area contributed by atoms with E-state index in [1.165, 1.54) is 0 Å². The third-order valence-electron chi connectivity index (χ3n) is 6.17. The zero-order chi connectivity index (χ0) is 28.7. The monoisotopic (exact) mass is 533 g/mol. The summed E-state index contributed by atoms with van der Waals surface area (Å²) in [6, 6.07) is 12.1. The molecule has 2 aromatic rings. The van der Waals surface area contributed by atoms with Crippen LogP contribution in [0.4, 0.5) is 10.5 Å². The molecular weight excluding hydrogens is 494 g/mol. The van der Waals surface area contributed by atoms with Gasteiger partial charge in [-0.1, -0.05) is 31.9 Å². The minimum absolute atomic E-state index is 0.108. The second kappa shape index (κ2) is 12.7. The third-order valence-corrected chi connectivity index (χ3v) is 6.17. The van der Waals surface area contributed by atoms with Crippen molar-refractivity contribution in [2.24, 2.45) is 5.92 Å². The summed E-state index contributed by atoms with van der Waals surface area (Å²) in [7, 11) is 1.57. The van der Waals surface area contributed by atoms with Crippen LogP contribution in [0.25, 0.3) is 0 Å². The van der Waals surface area contributed by atoms with Gasteiger partial charge >= 0.3 is 6.09 Å². The molecule has 0 bridgehead atoms. The number of nitrogens with one attached hydrogen (secondary N) is 2. The largest absolute Gasteiger partial charge is 0.497 e. The van der Waals surface area contributed by atoms with Crippen LogP contribution in [0.3, 0.4) is 0 Å². The van der Waals surface area contributed by atoms with Crippen LogP contribution in [-0.2, 0) is 14.3 Å². The zero-order valence-electron chi connectivity index (χ0n) is 23.6. The second-order valence-electron chi connectivity index (χ2n) is 11.2. The van der Waals surface area contributed by atoms with E-state index in [1.807, 2.05) is 13.8 Å². The number of alkyl carbamates (subject to hydrolysis) is 1. The molecule has 0 radical (unpaired) electrons. The number of methoxy groups -OCH3 is 1. The first-order chi connectivity index (χ1) is 18.4. The topological polar surface area (TPSA) is 97.0 Å². The maximum atomic E-state index is 14.2. The number of ether oxygens (including phenoxy) is 2. The van der Waals surface area contributed by atoms with Crippen LogP contribution in [0.15, 0.2) is 48.5 Å². The summed E-state index contributed by atoms with van der Waals surface area (Å²) < 4.78 is 10.7. The average Bonchev–Trinajstić information content (AvgIpc) is 3.71. The summed E-state index contributed by atoms with van der Waals surface area (Å²) >= 11 is 0. The third kappa shape index (κ3) is 8.51. The lowest BCUT2D eigenvalue weighted by molar-refractivity contribution is -0.141. The van der Waals surface area contributed by atoms with E-state index in [0.29, 0.717) is 29.0 Å². The summed E-state index contributed by atoms with van der Waals surface area (Å²) in [4.78, 5) is 42.3. The average molecular weight is 534 g/mol. The van der Waals surface area contributed by atoms with Gasteiger partial charge in [0.2, 0.25) is 5.91 Å². The predicted octanol–water partition coefficient (Wildman–Crippen LogP) is 5.29. The Morgan fingerprint density at radius 2 is 1.67 bits per heavy atom. The van der Waals surface area contributed by atoms with Gasteiger partial charge in [0.1, 0.15) is 23.4 Å². The normalized spacial score (nSPS) is 14.5. The van der Waals surface area contributed by atoms with Crippen LogP contribution < -0.4 is 15.4 Å². The molecule has 1 saturated carbocycles. The lowest BCUT2D eigenvalue weighted by atomic mass is 9.98. The van der Waals surface area contributed by atoms with Gasteiger partial charge in [0.15, 0.2) is 0 Å². The van der Waals surface area contributed by atoms with Gasteiger partial charge in [-0.05, 0) is 87.9 Å². The number of rotatable bonds is 10. The summed E-state index contributed by atoms with van der Waals surface area (Å²) in [6.45, 7) is 9.25. The number of hydrogen-bond acceptors (Lipinski definition) is 5. The number of hydrogen-bond donors (Lipinski definition) is 2. The molecule has 0 spiro atoms. The first-order valence-corrected chi connectivity index (χ1v) is 13.2. The van der Waals surface area contributed by atoms with E-state index in [9.17, 15) is 14.4 Å². The highest BCUT2D eigenvalue weighted by molar-refractivity contribution is 5.99. The summed E-state index contributed by atoms with van der Waals surface area (Å²) in [5.41, 5.74) is 1.15. The van der Waals surface area contributed by atoms with Crippen molar-refractivity contribution in [2.45, 2.75) is 77.6 Å². The minimum atomic E-state index is -0.936. The fraction of sp³-hybridized carbons (Fsp3) is 0.452. The van der Waals surface area contributed by atoms with E-state index in [0.717, 1.165) is 12.8 Å². The van der Waals surface area contributed by atoms with Crippen molar-refractivity contribution in [3.63, 3.8) is 0 Å². The van der Waals surface area contributed by atoms with Crippen molar-refractivity contribution >= 4 is 23.6 Å². The fourth-order valence-electron chi connectivity index (χ4n) is 4.28. The first kappa shape index (κ1) is 29.6. The van der Waals surface area contributed by atoms with Crippen molar-refractivity contribution < 1.29 is 23.9 Å². The molecule has 1 aliphatic carbocycles. The van der Waals surface area contributed by atoms with E-state index in [1.54, 1.807) is 81.3 Å². The summed E-state index contributed by atoms with van der Waals surface area (Å²) in [5.74, 6) is 2.66. The van der Waals surface area contributed by atoms with Gasteiger partial charge < -0.3 is 25.0 Å². The van der Waals surface area contributed by atoms with Crippen molar-refractivity contribution in [3.05, 3.63) is 59.7 Å². The SMILES string of the molecule is C#Cc1ccc(C(C(=O)Nc2ccc(OC)cc2)N(C(=O)C(CC(C)C)NC(=O)OC(C)(C)C)C2CC2)cc1. The second-order valence-corrected chi connectivity index (χ2v) is 11.2. The molecule has 2 atom stereocenters. The van der Waals surface area contributed by atoms with Gasteiger partial charge in [0, 0.05) is 17.3 Å². The van der Waals surface area contributed by atoms with Gasteiger partial charge in [-0.3, -0.25) is 9.59 Å². The molecule has 3 amide bonds. The van der Waals surface area contributed by atoms with E-state index in [4.69, 9.17) is 15.9 Å². The lowest BCUT2D eigenvalue weighted by Crippen LogP contribution is -2.53. The van der Waals surface area contributed by atoms with Crippen LogP contribution in [0.2, 0.25) is 0 Å². The highest BCUT2D eigenvalue weighted by Crippen LogP contribution is 2.36. The number of anilines is 1. The molecule has 0 aromatic heterocycles. The van der Waals surface area contributed by atoms with Crippen LogP contribution in [0.1, 0.15) is 71.0 Å². The maximum Gasteiger partial charge on any atom is 0.408 e. The van der Waals surface area contributed by atoms with Crippen LogP contribution in [0.5, 0.6) is 5.75 Å². The maximum absolute atomic E-state index is 14.2. The van der Waals surface area contributed by atoms with Crippen molar-refractivity contribution in [2.75, 3.05) is 12.4 Å². The fourth-order valence-corrected chi connectivity index (χ4v) is 4.28. The zero-order valence-corrected chi connectivity index (χ0v) is 23.6. The molecule has 2 aromatic carbocycles. The lowest BCUT2D eigenvalue weighted by Gasteiger charge is -2.35. The number of carbonyl (C=O) groups excluding carboxylic acids is 3. The molecule has 8 nitrogen and oxygen atoms in total. The number of terminal acetylenes is 1. The molecule has 8 heteroatoms. The number of carbonyl (C=O) groups is 3. The van der Waals surface area contributed by atoms with Crippen molar-refractivity contribution in [1.29, 1.82) is 0 Å². The number of nitrogens with zero attached hydrogens (tertiary/aromatic N) is 1. The Labute approximate surface area is 231 Å². The highest BCUT2D eigenvalue weighted by Gasteiger charge is 2.44. The first-order valence-electron chi connectivity index (χ1n) is 13.2. The Hall–Kier alpha value is -3.99. The molecule has 1 fully saturated rings. The van der Waals surface area contributed by atoms with Gasteiger partial charge in [0.25, 0.3) is 5.91 Å².